The van der Waals surface area contributed by atoms with E-state index in [1.165, 1.54) is 0 Å². The summed E-state index contributed by atoms with van der Waals surface area (Å²) in [6.07, 6.45) is 0.0481. The minimum Gasteiger partial charge on any atom is -0.460 e. The van der Waals surface area contributed by atoms with Crippen LogP contribution in [-0.4, -0.2) is 35.5 Å². The van der Waals surface area contributed by atoms with Crippen molar-refractivity contribution in [3.63, 3.8) is 0 Å². The van der Waals surface area contributed by atoms with Gasteiger partial charge in [-0.15, -0.1) is 10.2 Å². The van der Waals surface area contributed by atoms with E-state index in [0.717, 1.165) is 5.70 Å². The number of hydrogen-bond donors (Lipinski definition) is 1. The van der Waals surface area contributed by atoms with E-state index in [1.807, 2.05) is 33.8 Å². The molecule has 3 rings (SSSR count). The van der Waals surface area contributed by atoms with Gasteiger partial charge in [-0.05, 0) is 39.3 Å². The first-order valence-corrected chi connectivity index (χ1v) is 10.7. The lowest BCUT2D eigenvalue weighted by Gasteiger charge is -2.30. The molecule has 7 nitrogen and oxygen atoms in total. The summed E-state index contributed by atoms with van der Waals surface area (Å²) >= 11 is 12.9. The van der Waals surface area contributed by atoms with Gasteiger partial charge in [0.1, 0.15) is 6.61 Å². The molecule has 1 N–H and O–H groups in total. The van der Waals surface area contributed by atoms with E-state index < -0.39 is 11.9 Å². The first-order chi connectivity index (χ1) is 14.7. The van der Waals surface area contributed by atoms with Crippen molar-refractivity contribution in [2.24, 2.45) is 0 Å². The van der Waals surface area contributed by atoms with Crippen LogP contribution in [0.2, 0.25) is 10.0 Å². The Bertz CT molecular complexity index is 1040. The van der Waals surface area contributed by atoms with Crippen LogP contribution >= 0.6 is 23.2 Å². The van der Waals surface area contributed by atoms with Crippen molar-refractivity contribution in [1.82, 2.24) is 15.5 Å². The van der Waals surface area contributed by atoms with Crippen molar-refractivity contribution in [3.8, 4) is 0 Å². The van der Waals surface area contributed by atoms with Gasteiger partial charge in [-0.1, -0.05) is 35.3 Å². The fraction of sp³-hybridized carbons (Fsp3) is 0.409. The Morgan fingerprint density at radius 3 is 2.55 bits per heavy atom. The third-order valence-corrected chi connectivity index (χ3v) is 5.63. The fourth-order valence-electron chi connectivity index (χ4n) is 3.50. The van der Waals surface area contributed by atoms with E-state index in [4.69, 9.17) is 37.1 Å². The van der Waals surface area contributed by atoms with Crippen molar-refractivity contribution in [2.75, 3.05) is 13.2 Å². The Hall–Kier alpha value is -2.35. The number of halogens is 2. The van der Waals surface area contributed by atoms with Crippen molar-refractivity contribution >= 4 is 34.7 Å². The molecule has 0 radical (unpaired) electrons. The van der Waals surface area contributed by atoms with Gasteiger partial charge < -0.3 is 19.2 Å². The van der Waals surface area contributed by atoms with Crippen LogP contribution in [0.5, 0.6) is 0 Å². The largest absolute Gasteiger partial charge is 0.460 e. The van der Waals surface area contributed by atoms with Gasteiger partial charge in [0.15, 0.2) is 0 Å². The standard InChI is InChI=1S/C22H25Cl2N3O4/c1-11(2)29-9-10-30-22(28)18-13(4)25-12(3)17(21-27-26-14(5)31-21)19(18)15-7-6-8-16(23)20(15)24/h6-8,11,19,25H,9-10H2,1-5H3. The molecular weight excluding hydrogens is 441 g/mol. The average Bonchev–Trinajstić information content (AvgIpc) is 3.12. The molecule has 0 bridgehead atoms. The average molecular weight is 466 g/mol. The summed E-state index contributed by atoms with van der Waals surface area (Å²) in [5, 5.41) is 12.1. The van der Waals surface area contributed by atoms with Gasteiger partial charge in [0.2, 0.25) is 11.8 Å². The first-order valence-electron chi connectivity index (χ1n) is 9.92. The number of nitrogens with zero attached hydrogens (tertiary/aromatic N) is 2. The maximum Gasteiger partial charge on any atom is 0.336 e. The van der Waals surface area contributed by atoms with Gasteiger partial charge in [-0.2, -0.15) is 0 Å². The lowest BCUT2D eigenvalue weighted by molar-refractivity contribution is -0.141. The highest BCUT2D eigenvalue weighted by molar-refractivity contribution is 6.42. The number of allylic oxidation sites excluding steroid dienone is 3. The van der Waals surface area contributed by atoms with E-state index in [-0.39, 0.29) is 12.7 Å². The molecule has 0 spiro atoms. The van der Waals surface area contributed by atoms with Crippen LogP contribution in [0, 0.1) is 6.92 Å². The van der Waals surface area contributed by atoms with Gasteiger partial charge in [-0.25, -0.2) is 4.79 Å². The predicted octanol–water partition coefficient (Wildman–Crippen LogP) is 5.05. The molecule has 2 aromatic rings. The number of hydrogen-bond acceptors (Lipinski definition) is 7. The van der Waals surface area contributed by atoms with Crippen molar-refractivity contribution in [1.29, 1.82) is 0 Å². The second-order valence-corrected chi connectivity index (χ2v) is 8.25. The maximum atomic E-state index is 13.2. The van der Waals surface area contributed by atoms with Crippen molar-refractivity contribution in [3.05, 3.63) is 62.6 Å². The molecule has 0 fully saturated rings. The van der Waals surface area contributed by atoms with E-state index in [9.17, 15) is 4.79 Å². The monoisotopic (exact) mass is 465 g/mol. The minimum absolute atomic E-state index is 0.0481. The van der Waals surface area contributed by atoms with Gasteiger partial charge in [0, 0.05) is 23.9 Å². The number of aromatic nitrogens is 2. The Morgan fingerprint density at radius 1 is 1.16 bits per heavy atom. The number of esters is 1. The summed E-state index contributed by atoms with van der Waals surface area (Å²) in [5.41, 5.74) is 3.09. The second kappa shape index (κ2) is 9.85. The Labute approximate surface area is 191 Å². The van der Waals surface area contributed by atoms with Crippen molar-refractivity contribution < 1.29 is 18.7 Å². The summed E-state index contributed by atoms with van der Waals surface area (Å²) in [6, 6.07) is 5.30. The summed E-state index contributed by atoms with van der Waals surface area (Å²) in [6.45, 7) is 9.66. The highest BCUT2D eigenvalue weighted by Gasteiger charge is 2.38. The molecule has 166 valence electrons. The molecule has 0 aliphatic carbocycles. The van der Waals surface area contributed by atoms with Crippen LogP contribution < -0.4 is 5.32 Å². The molecule has 1 aromatic carbocycles. The van der Waals surface area contributed by atoms with Crippen LogP contribution in [0.3, 0.4) is 0 Å². The van der Waals surface area contributed by atoms with Gasteiger partial charge in [0.05, 0.1) is 34.2 Å². The van der Waals surface area contributed by atoms with Gasteiger partial charge in [-0.3, -0.25) is 0 Å². The molecule has 1 unspecified atom stereocenters. The summed E-state index contributed by atoms with van der Waals surface area (Å²) in [4.78, 5) is 13.2. The zero-order valence-corrected chi connectivity index (χ0v) is 19.6. The zero-order chi connectivity index (χ0) is 22.7. The Morgan fingerprint density at radius 2 is 1.90 bits per heavy atom. The Kier molecular flexibility index (Phi) is 7.41. The molecule has 2 heterocycles. The SMILES string of the molecule is CC1=C(C(=O)OCCOC(C)C)C(c2cccc(Cl)c2Cl)C(c2nnc(C)o2)=C(C)N1. The first kappa shape index (κ1) is 23.3. The Balaban J connectivity index is 2.06. The number of carbonyl (C=O) groups is 1. The number of aryl methyl sites for hydroxylation is 1. The molecule has 1 aliphatic heterocycles. The molecule has 0 saturated carbocycles. The van der Waals surface area contributed by atoms with E-state index in [1.54, 1.807) is 19.1 Å². The van der Waals surface area contributed by atoms with Gasteiger partial charge >= 0.3 is 5.97 Å². The highest BCUT2D eigenvalue weighted by Crippen LogP contribution is 2.46. The van der Waals surface area contributed by atoms with Crippen LogP contribution in [0.15, 0.2) is 39.6 Å². The van der Waals surface area contributed by atoms with E-state index in [2.05, 4.69) is 15.5 Å². The normalized spacial score (nSPS) is 16.7. The topological polar surface area (TPSA) is 86.5 Å². The molecule has 1 aliphatic rings. The number of rotatable bonds is 7. The lowest BCUT2D eigenvalue weighted by Crippen LogP contribution is -2.29. The molecule has 31 heavy (non-hydrogen) atoms. The number of ether oxygens (including phenoxy) is 2. The quantitative estimate of drug-likeness (QED) is 0.452. The predicted molar refractivity (Wildman–Crippen MR) is 119 cm³/mol. The summed E-state index contributed by atoms with van der Waals surface area (Å²) < 4.78 is 16.7. The van der Waals surface area contributed by atoms with Crippen LogP contribution in [-0.2, 0) is 14.3 Å². The molecule has 1 atom stereocenters. The molecular formula is C22H25Cl2N3O4. The summed E-state index contributed by atoms with van der Waals surface area (Å²) in [7, 11) is 0. The summed E-state index contributed by atoms with van der Waals surface area (Å²) in [5.74, 6) is -0.387. The molecule has 9 heteroatoms. The number of benzene rings is 1. The second-order valence-electron chi connectivity index (χ2n) is 7.46. The van der Waals surface area contributed by atoms with Crippen LogP contribution in [0.4, 0.5) is 0 Å². The van der Waals surface area contributed by atoms with Gasteiger partial charge in [0.25, 0.3) is 0 Å². The maximum absolute atomic E-state index is 13.2. The molecule has 1 aromatic heterocycles. The van der Waals surface area contributed by atoms with Crippen LogP contribution in [0.25, 0.3) is 5.57 Å². The smallest absolute Gasteiger partial charge is 0.336 e. The molecule has 0 amide bonds. The minimum atomic E-state index is -0.606. The highest BCUT2D eigenvalue weighted by atomic mass is 35.5. The van der Waals surface area contributed by atoms with Crippen molar-refractivity contribution in [2.45, 2.75) is 46.6 Å². The zero-order valence-electron chi connectivity index (χ0n) is 18.1. The van der Waals surface area contributed by atoms with E-state index >= 15 is 0 Å². The lowest BCUT2D eigenvalue weighted by atomic mass is 9.80. The third-order valence-electron chi connectivity index (χ3n) is 4.80. The number of nitrogens with one attached hydrogen (secondary N) is 1. The van der Waals surface area contributed by atoms with Crippen LogP contribution in [0.1, 0.15) is 51.0 Å². The number of carbonyl (C=O) groups excluding carboxylic acids is 1. The van der Waals surface area contributed by atoms with E-state index in [0.29, 0.717) is 50.8 Å². The molecule has 0 saturated heterocycles. The third kappa shape index (κ3) is 5.11. The number of dihydropyridines is 1. The fourth-order valence-corrected chi connectivity index (χ4v) is 3.92.